The summed E-state index contributed by atoms with van der Waals surface area (Å²) in [5, 5.41) is 2.65. The van der Waals surface area contributed by atoms with Crippen LogP contribution in [0.3, 0.4) is 0 Å². The van der Waals surface area contributed by atoms with Crippen LogP contribution in [0.1, 0.15) is 36.1 Å². The van der Waals surface area contributed by atoms with Crippen LogP contribution in [0.4, 0.5) is 0 Å². The van der Waals surface area contributed by atoms with Gasteiger partial charge in [0.1, 0.15) is 4.32 Å². The van der Waals surface area contributed by atoms with Gasteiger partial charge in [-0.15, -0.1) is 11.3 Å². The average molecular weight is 521 g/mol. The molecule has 0 N–H and O–H groups in total. The summed E-state index contributed by atoms with van der Waals surface area (Å²) in [6.07, 6.45) is 4.86. The third kappa shape index (κ3) is 6.67. The number of nitrogens with zero attached hydrogens (tertiary/aromatic N) is 2. The second-order valence-electron chi connectivity index (χ2n) is 7.99. The zero-order valence-corrected chi connectivity index (χ0v) is 21.3. The number of thiocarbonyl (C=S) groups is 1. The van der Waals surface area contributed by atoms with Crippen molar-refractivity contribution in [3.05, 3.63) is 62.1 Å². The Morgan fingerprint density at radius 1 is 1.30 bits per heavy atom. The quantitative estimate of drug-likeness (QED) is 0.318. The highest BCUT2D eigenvalue weighted by atomic mass is 35.5. The molecule has 5 nitrogen and oxygen atoms in total. The van der Waals surface area contributed by atoms with Crippen molar-refractivity contribution in [2.75, 3.05) is 19.7 Å². The lowest BCUT2D eigenvalue weighted by molar-refractivity contribution is -0.134. The first-order chi connectivity index (χ1) is 16.0. The molecule has 4 rings (SSSR count). The molecule has 2 saturated heterocycles. The normalized spacial score (nSPS) is 19.6. The molecule has 1 atom stereocenters. The van der Waals surface area contributed by atoms with Gasteiger partial charge in [0.05, 0.1) is 11.0 Å². The molecule has 2 fully saturated rings. The molecule has 0 bridgehead atoms. The summed E-state index contributed by atoms with van der Waals surface area (Å²) in [6.45, 7) is 2.28. The lowest BCUT2D eigenvalue weighted by Gasteiger charge is -2.26. The molecule has 1 unspecified atom stereocenters. The highest BCUT2D eigenvalue weighted by Crippen LogP contribution is 2.33. The van der Waals surface area contributed by atoms with E-state index in [2.05, 4.69) is 0 Å². The first kappa shape index (κ1) is 24.4. The molecular weight excluding hydrogens is 496 g/mol. The Balaban J connectivity index is 1.34. The minimum absolute atomic E-state index is 0.0556. The predicted molar refractivity (Wildman–Crippen MR) is 139 cm³/mol. The molecule has 1 aromatic carbocycles. The molecule has 9 heteroatoms. The van der Waals surface area contributed by atoms with Gasteiger partial charge in [-0.3, -0.25) is 14.5 Å². The number of amides is 2. The van der Waals surface area contributed by atoms with Gasteiger partial charge in [-0.05, 0) is 54.5 Å². The maximum atomic E-state index is 13.1. The second-order valence-corrected chi connectivity index (χ2v) is 11.1. The zero-order valence-electron chi connectivity index (χ0n) is 18.1. The number of hydrogen-bond acceptors (Lipinski definition) is 6. The molecule has 0 saturated carbocycles. The second kappa shape index (κ2) is 11.6. The van der Waals surface area contributed by atoms with E-state index in [9.17, 15) is 9.59 Å². The Labute approximate surface area is 212 Å². The van der Waals surface area contributed by atoms with Gasteiger partial charge in [-0.1, -0.05) is 53.8 Å². The van der Waals surface area contributed by atoms with Gasteiger partial charge in [-0.2, -0.15) is 0 Å². The van der Waals surface area contributed by atoms with Crippen molar-refractivity contribution in [3.63, 3.8) is 0 Å². The van der Waals surface area contributed by atoms with E-state index in [1.165, 1.54) is 11.8 Å². The van der Waals surface area contributed by atoms with Crippen LogP contribution >= 0.6 is 46.9 Å². The van der Waals surface area contributed by atoms with E-state index < -0.39 is 0 Å². The Kier molecular flexibility index (Phi) is 8.60. The van der Waals surface area contributed by atoms with Crippen LogP contribution in [0.25, 0.3) is 6.08 Å². The molecule has 0 radical (unpaired) electrons. The van der Waals surface area contributed by atoms with Crippen molar-refractivity contribution >= 4 is 69.1 Å². The van der Waals surface area contributed by atoms with Crippen molar-refractivity contribution in [1.82, 2.24) is 9.80 Å². The lowest BCUT2D eigenvalue weighted by atomic mass is 10.1. The summed E-state index contributed by atoms with van der Waals surface area (Å²) < 4.78 is 6.31. The van der Waals surface area contributed by atoms with E-state index in [1.54, 1.807) is 16.2 Å². The number of carbonyl (C=O) groups is 2. The predicted octanol–water partition coefficient (Wildman–Crippen LogP) is 5.59. The Hall–Kier alpha value is -1.71. The number of ether oxygens (including phenoxy) is 1. The van der Waals surface area contributed by atoms with E-state index in [0.29, 0.717) is 46.7 Å². The largest absolute Gasteiger partial charge is 0.376 e. The molecule has 0 aliphatic carbocycles. The van der Waals surface area contributed by atoms with E-state index in [1.807, 2.05) is 52.8 Å². The zero-order chi connectivity index (χ0) is 23.2. The van der Waals surface area contributed by atoms with E-state index >= 15 is 0 Å². The van der Waals surface area contributed by atoms with Crippen molar-refractivity contribution in [2.24, 2.45) is 0 Å². The fourth-order valence-corrected chi connectivity index (χ4v) is 6.00. The first-order valence-corrected chi connectivity index (χ1v) is 13.4. The van der Waals surface area contributed by atoms with E-state index in [4.69, 9.17) is 28.6 Å². The van der Waals surface area contributed by atoms with Gasteiger partial charge >= 0.3 is 0 Å². The number of thioether (sulfide) groups is 1. The van der Waals surface area contributed by atoms with Crippen molar-refractivity contribution in [3.8, 4) is 0 Å². The average Bonchev–Trinajstić information content (AvgIpc) is 3.55. The molecule has 2 aromatic rings. The maximum absolute atomic E-state index is 13.1. The van der Waals surface area contributed by atoms with E-state index in [0.717, 1.165) is 29.9 Å². The molecular formula is C24H25ClN2O3S3. The van der Waals surface area contributed by atoms with Crippen LogP contribution in [-0.4, -0.2) is 51.7 Å². The number of rotatable bonds is 9. The van der Waals surface area contributed by atoms with Crippen LogP contribution in [0.5, 0.6) is 0 Å². The van der Waals surface area contributed by atoms with Crippen LogP contribution < -0.4 is 0 Å². The SMILES string of the molecule is O=C(CCCN1C(=O)/C(=C/c2cccs2)SC1=S)N(Cc1ccc(Cl)cc1)CC1CCCO1. The van der Waals surface area contributed by atoms with Crippen LogP contribution in [0.2, 0.25) is 5.02 Å². The van der Waals surface area contributed by atoms with E-state index in [-0.39, 0.29) is 17.9 Å². The topological polar surface area (TPSA) is 49.9 Å². The summed E-state index contributed by atoms with van der Waals surface area (Å²) in [5.41, 5.74) is 1.03. The van der Waals surface area contributed by atoms with Crippen molar-refractivity contribution < 1.29 is 14.3 Å². The smallest absolute Gasteiger partial charge is 0.266 e. The van der Waals surface area contributed by atoms with Gasteiger partial charge < -0.3 is 9.64 Å². The van der Waals surface area contributed by atoms with Crippen molar-refractivity contribution in [2.45, 2.75) is 38.3 Å². The van der Waals surface area contributed by atoms with Gasteiger partial charge in [0.25, 0.3) is 5.91 Å². The molecule has 1 aromatic heterocycles. The molecule has 3 heterocycles. The molecule has 2 amide bonds. The maximum Gasteiger partial charge on any atom is 0.266 e. The monoisotopic (exact) mass is 520 g/mol. The number of thiophene rings is 1. The Morgan fingerprint density at radius 3 is 2.82 bits per heavy atom. The highest BCUT2D eigenvalue weighted by Gasteiger charge is 2.32. The molecule has 0 spiro atoms. The number of carbonyl (C=O) groups excluding carboxylic acids is 2. The van der Waals surface area contributed by atoms with Gasteiger partial charge in [0, 0.05) is 42.6 Å². The van der Waals surface area contributed by atoms with Crippen LogP contribution in [0, 0.1) is 0 Å². The van der Waals surface area contributed by atoms with Crippen LogP contribution in [-0.2, 0) is 20.9 Å². The van der Waals surface area contributed by atoms with Crippen LogP contribution in [0.15, 0.2) is 46.7 Å². The van der Waals surface area contributed by atoms with Gasteiger partial charge in [0.15, 0.2) is 0 Å². The van der Waals surface area contributed by atoms with Crippen molar-refractivity contribution in [1.29, 1.82) is 0 Å². The first-order valence-electron chi connectivity index (χ1n) is 10.9. The summed E-state index contributed by atoms with van der Waals surface area (Å²) >= 11 is 14.3. The summed E-state index contributed by atoms with van der Waals surface area (Å²) in [4.78, 5) is 31.0. The fourth-order valence-electron chi connectivity index (χ4n) is 3.84. The third-order valence-corrected chi connectivity index (χ3v) is 8.00. The molecule has 2 aliphatic rings. The fraction of sp³-hybridized carbons (Fsp3) is 0.375. The van der Waals surface area contributed by atoms with Gasteiger partial charge in [0.2, 0.25) is 5.91 Å². The third-order valence-electron chi connectivity index (χ3n) is 5.55. The minimum Gasteiger partial charge on any atom is -0.376 e. The standard InChI is InChI=1S/C24H25ClN2O3S3/c25-18-9-7-17(8-10-18)15-26(16-19-4-2-12-30-19)22(28)6-1-11-27-23(29)21(33-24(27)31)14-20-5-3-13-32-20/h3,5,7-10,13-14,19H,1-2,4,6,11-12,15-16H2/b21-14-. The molecule has 33 heavy (non-hydrogen) atoms. The lowest BCUT2D eigenvalue weighted by Crippen LogP contribution is -2.37. The summed E-state index contributed by atoms with van der Waals surface area (Å²) in [5.74, 6) is -0.0248. The summed E-state index contributed by atoms with van der Waals surface area (Å²) in [7, 11) is 0. The number of halogens is 1. The molecule has 174 valence electrons. The highest BCUT2D eigenvalue weighted by molar-refractivity contribution is 8.26. The number of benzene rings is 1. The molecule has 2 aliphatic heterocycles. The Morgan fingerprint density at radius 2 is 2.12 bits per heavy atom. The number of hydrogen-bond donors (Lipinski definition) is 0. The van der Waals surface area contributed by atoms with Gasteiger partial charge in [-0.25, -0.2) is 0 Å². The minimum atomic E-state index is -0.0803. The summed E-state index contributed by atoms with van der Waals surface area (Å²) in [6, 6.07) is 11.5. The Bertz CT molecular complexity index is 1020.